The van der Waals surface area contributed by atoms with Crippen LogP contribution >= 0.6 is 7.82 Å². The predicted octanol–water partition coefficient (Wildman–Crippen LogP) is 16.9. The van der Waals surface area contributed by atoms with E-state index in [-0.39, 0.29) is 26.1 Å². The van der Waals surface area contributed by atoms with Gasteiger partial charge in [-0.2, -0.15) is 0 Å². The lowest BCUT2D eigenvalue weighted by atomic mass is 10.0. The van der Waals surface area contributed by atoms with Crippen molar-refractivity contribution in [2.24, 2.45) is 0 Å². The monoisotopic (exact) mass is 975 g/mol. The number of rotatable bonds is 50. The fraction of sp³-hybridized carbons (Fsp3) is 0.759. The second kappa shape index (κ2) is 49.4. The third-order valence-electron chi connectivity index (χ3n) is 11.8. The van der Waals surface area contributed by atoms with Crippen molar-refractivity contribution in [2.75, 3.05) is 47.5 Å². The van der Waals surface area contributed by atoms with Crippen LogP contribution in [0.5, 0.6) is 0 Å². The van der Waals surface area contributed by atoms with Gasteiger partial charge in [-0.15, -0.1) is 0 Å². The van der Waals surface area contributed by atoms with Gasteiger partial charge in [0.05, 0.1) is 40.6 Å². The van der Waals surface area contributed by atoms with Crippen molar-refractivity contribution in [1.82, 2.24) is 0 Å². The first-order valence-electron chi connectivity index (χ1n) is 27.7. The van der Waals surface area contributed by atoms with Crippen molar-refractivity contribution in [3.63, 3.8) is 0 Å². The average molecular weight is 975 g/mol. The molecule has 68 heavy (non-hydrogen) atoms. The first kappa shape index (κ1) is 65.5. The summed E-state index contributed by atoms with van der Waals surface area (Å²) in [6.07, 6.45) is 64.7. The first-order valence-corrected chi connectivity index (χ1v) is 29.2. The Morgan fingerprint density at radius 2 is 0.794 bits per heavy atom. The normalized spacial score (nSPS) is 13.9. The Morgan fingerprint density at radius 3 is 1.18 bits per heavy atom. The number of hydrogen-bond acceptors (Lipinski definition) is 7. The Hall–Kier alpha value is -2.55. The van der Waals surface area contributed by atoms with Crippen LogP contribution in [0.4, 0.5) is 0 Å². The zero-order valence-electron chi connectivity index (χ0n) is 44.6. The van der Waals surface area contributed by atoms with Gasteiger partial charge < -0.3 is 18.9 Å². The van der Waals surface area contributed by atoms with E-state index in [1.165, 1.54) is 167 Å². The molecule has 10 heteroatoms. The van der Waals surface area contributed by atoms with Gasteiger partial charge in [-0.1, -0.05) is 241 Å². The number of unbranched alkanes of at least 4 members (excludes halogenated alkanes) is 26. The standard InChI is InChI=1S/C58H104NO8P/c1-6-8-10-12-14-16-18-20-22-24-26-28-30-32-34-36-38-40-42-44-46-48-50-57(60)64-54-56(55-66-68(62,63)65-53-52-59(3,4)5)67-58(61)51-49-47-45-43-41-39-37-35-33-31-29-27-25-23-21-19-17-15-13-11-9-7-2/h34-37,40-43,46-49,56H,6-33,38-39,44-45,50-55H2,1-5H3/p+1/t56-/m1/s1. The maximum Gasteiger partial charge on any atom is 0.472 e. The number of carbonyl (C=O) groups is 2. The van der Waals surface area contributed by atoms with E-state index in [4.69, 9.17) is 18.5 Å². The van der Waals surface area contributed by atoms with E-state index in [0.717, 1.165) is 25.7 Å². The highest BCUT2D eigenvalue weighted by Crippen LogP contribution is 2.43. The molecule has 0 amide bonds. The molecule has 0 bridgehead atoms. The van der Waals surface area contributed by atoms with Gasteiger partial charge in [0.15, 0.2) is 6.10 Å². The molecule has 0 aliphatic rings. The maximum absolute atomic E-state index is 12.7. The van der Waals surface area contributed by atoms with Crippen molar-refractivity contribution in [3.8, 4) is 0 Å². The molecule has 0 heterocycles. The molecule has 0 aromatic carbocycles. The average Bonchev–Trinajstić information content (AvgIpc) is 3.30. The van der Waals surface area contributed by atoms with Crippen LogP contribution in [0.3, 0.4) is 0 Å². The maximum atomic E-state index is 12.7. The van der Waals surface area contributed by atoms with Gasteiger partial charge in [-0.05, 0) is 51.4 Å². The van der Waals surface area contributed by atoms with Crippen molar-refractivity contribution in [2.45, 2.75) is 238 Å². The van der Waals surface area contributed by atoms with E-state index in [9.17, 15) is 19.0 Å². The van der Waals surface area contributed by atoms with Crippen molar-refractivity contribution < 1.29 is 42.1 Å². The predicted molar refractivity (Wildman–Crippen MR) is 289 cm³/mol. The number of ether oxygens (including phenoxy) is 2. The fourth-order valence-corrected chi connectivity index (χ4v) is 8.22. The van der Waals surface area contributed by atoms with Crippen LogP contribution < -0.4 is 0 Å². The van der Waals surface area contributed by atoms with Crippen LogP contribution in [-0.4, -0.2) is 74.9 Å². The number of phosphoric ester groups is 1. The van der Waals surface area contributed by atoms with E-state index in [1.54, 1.807) is 12.2 Å². The third kappa shape index (κ3) is 52.8. The lowest BCUT2D eigenvalue weighted by Crippen LogP contribution is -2.37. The number of carbonyl (C=O) groups excluding carboxylic acids is 2. The van der Waals surface area contributed by atoms with Gasteiger partial charge >= 0.3 is 19.8 Å². The van der Waals surface area contributed by atoms with Crippen LogP contribution in [0.1, 0.15) is 232 Å². The summed E-state index contributed by atoms with van der Waals surface area (Å²) in [7, 11) is 1.39. The molecule has 0 fully saturated rings. The summed E-state index contributed by atoms with van der Waals surface area (Å²) in [4.78, 5) is 35.5. The molecule has 0 aromatic heterocycles. The Kier molecular flexibility index (Phi) is 47.6. The number of phosphoric acid groups is 1. The van der Waals surface area contributed by atoms with Crippen LogP contribution in [0.2, 0.25) is 0 Å². The second-order valence-electron chi connectivity index (χ2n) is 19.6. The van der Waals surface area contributed by atoms with E-state index >= 15 is 0 Å². The first-order chi connectivity index (χ1) is 33.0. The lowest BCUT2D eigenvalue weighted by molar-refractivity contribution is -0.870. The molecule has 0 saturated heterocycles. The van der Waals surface area contributed by atoms with E-state index < -0.39 is 32.5 Å². The van der Waals surface area contributed by atoms with Gasteiger partial charge in [0.1, 0.15) is 19.8 Å². The number of nitrogens with zero attached hydrogens (tertiary/aromatic N) is 1. The number of likely N-dealkylation sites (N-methyl/N-ethyl adjacent to an activating group) is 1. The lowest BCUT2D eigenvalue weighted by Gasteiger charge is -2.24. The minimum atomic E-state index is -4.43. The number of hydrogen-bond donors (Lipinski definition) is 1. The zero-order valence-corrected chi connectivity index (χ0v) is 45.5. The summed E-state index contributed by atoms with van der Waals surface area (Å²) in [5.41, 5.74) is 0. The molecule has 2 atom stereocenters. The molecule has 394 valence electrons. The summed E-state index contributed by atoms with van der Waals surface area (Å²) < 4.78 is 34.2. The Bertz CT molecular complexity index is 1380. The summed E-state index contributed by atoms with van der Waals surface area (Å²) >= 11 is 0. The molecule has 1 N–H and O–H groups in total. The Balaban J connectivity index is 4.41. The largest absolute Gasteiger partial charge is 0.472 e. The molecule has 0 aliphatic carbocycles. The summed E-state index contributed by atoms with van der Waals surface area (Å²) in [5.74, 6) is -1.07. The van der Waals surface area contributed by atoms with Gasteiger partial charge in [0.25, 0.3) is 0 Å². The molecule has 0 radical (unpaired) electrons. The highest BCUT2D eigenvalue weighted by Gasteiger charge is 2.27. The molecule has 0 aromatic rings. The molecule has 9 nitrogen and oxygen atoms in total. The molecule has 0 spiro atoms. The molecule has 0 aliphatic heterocycles. The minimum absolute atomic E-state index is 0.000375. The highest BCUT2D eigenvalue weighted by molar-refractivity contribution is 7.47. The Labute approximate surface area is 418 Å². The van der Waals surface area contributed by atoms with Crippen LogP contribution in [0.15, 0.2) is 72.9 Å². The fourth-order valence-electron chi connectivity index (χ4n) is 7.48. The quantitative estimate of drug-likeness (QED) is 0.0211. The molecule has 1 unspecified atom stereocenters. The van der Waals surface area contributed by atoms with Gasteiger partial charge in [0, 0.05) is 0 Å². The van der Waals surface area contributed by atoms with E-state index in [2.05, 4.69) is 62.5 Å². The smallest absolute Gasteiger partial charge is 0.461 e. The van der Waals surface area contributed by atoms with Gasteiger partial charge in [0.2, 0.25) is 0 Å². The van der Waals surface area contributed by atoms with Crippen LogP contribution in [0.25, 0.3) is 0 Å². The molecular formula is C58H105NO8P+. The van der Waals surface area contributed by atoms with Crippen LogP contribution in [0, 0.1) is 0 Å². The molecule has 0 rings (SSSR count). The summed E-state index contributed by atoms with van der Waals surface area (Å²) in [5, 5.41) is 0. The third-order valence-corrected chi connectivity index (χ3v) is 12.8. The number of allylic oxidation sites excluding steroid dienone is 10. The molecule has 0 saturated carbocycles. The summed E-state index contributed by atoms with van der Waals surface area (Å²) in [6.45, 7) is 4.26. The van der Waals surface area contributed by atoms with Crippen molar-refractivity contribution >= 4 is 19.8 Å². The second-order valence-corrected chi connectivity index (χ2v) is 21.1. The van der Waals surface area contributed by atoms with E-state index in [1.807, 2.05) is 33.3 Å². The van der Waals surface area contributed by atoms with Crippen molar-refractivity contribution in [1.29, 1.82) is 0 Å². The minimum Gasteiger partial charge on any atom is -0.461 e. The zero-order chi connectivity index (χ0) is 49.9. The SMILES string of the molecule is CCCCCCCCCCCCCCCC=CCC=CCC=CCC(=O)OC[C@H](COP(=O)(O)OCC[N+](C)(C)C)OC(=O)CC=CCC=CCC=CCCCCCCCCCCCCCCC. The van der Waals surface area contributed by atoms with Crippen molar-refractivity contribution in [3.05, 3.63) is 72.9 Å². The van der Waals surface area contributed by atoms with Gasteiger partial charge in [-0.25, -0.2) is 4.57 Å². The highest BCUT2D eigenvalue weighted by atomic mass is 31.2. The van der Waals surface area contributed by atoms with Crippen LogP contribution in [-0.2, 0) is 32.7 Å². The van der Waals surface area contributed by atoms with Gasteiger partial charge in [-0.3, -0.25) is 18.6 Å². The number of quaternary nitrogens is 1. The summed E-state index contributed by atoms with van der Waals surface area (Å²) in [6, 6.07) is 0. The topological polar surface area (TPSA) is 108 Å². The Morgan fingerprint density at radius 1 is 0.456 bits per heavy atom. The number of esters is 2. The van der Waals surface area contributed by atoms with E-state index in [0.29, 0.717) is 23.9 Å². The molecular weight excluding hydrogens is 870 g/mol.